The lowest BCUT2D eigenvalue weighted by Gasteiger charge is -2.23. The zero-order chi connectivity index (χ0) is 13.3. The van der Waals surface area contributed by atoms with Crippen molar-refractivity contribution >= 4 is 21.6 Å². The molecule has 0 aromatic carbocycles. The van der Waals surface area contributed by atoms with Crippen LogP contribution in [0, 0.1) is 0 Å². The van der Waals surface area contributed by atoms with E-state index in [9.17, 15) is 4.79 Å². The second-order valence-corrected chi connectivity index (χ2v) is 6.07. The molecule has 102 valence electrons. The topological polar surface area (TPSA) is 67.0 Å². The average molecular weight is 279 g/mol. The third-order valence-corrected chi connectivity index (χ3v) is 4.36. The summed E-state index contributed by atoms with van der Waals surface area (Å²) in [5, 5.41) is 5.20. The number of hydrogen-bond donors (Lipinski definition) is 2. The van der Waals surface area contributed by atoms with Crippen molar-refractivity contribution in [3.63, 3.8) is 0 Å². The van der Waals surface area contributed by atoms with E-state index in [0.717, 1.165) is 31.5 Å². The van der Waals surface area contributed by atoms with Crippen LogP contribution in [-0.2, 0) is 11.3 Å². The fourth-order valence-corrected chi connectivity index (χ4v) is 3.15. The Balaban J connectivity index is 1.66. The van der Waals surface area contributed by atoms with Gasteiger partial charge < -0.3 is 15.0 Å². The van der Waals surface area contributed by atoms with Gasteiger partial charge in [0.25, 0.3) is 5.56 Å². The lowest BCUT2D eigenvalue weighted by atomic mass is 10.0. The molecule has 2 N–H and O–H groups in total. The van der Waals surface area contributed by atoms with Gasteiger partial charge in [-0.25, -0.2) is 4.98 Å². The van der Waals surface area contributed by atoms with E-state index in [4.69, 9.17) is 4.74 Å². The Morgan fingerprint density at radius 2 is 2.53 bits per heavy atom. The number of hydrogen-bond acceptors (Lipinski definition) is 5. The molecule has 5 nitrogen and oxygen atoms in total. The number of aromatic amines is 1. The van der Waals surface area contributed by atoms with Gasteiger partial charge in [0.15, 0.2) is 0 Å². The first-order valence-electron chi connectivity index (χ1n) is 6.47. The maximum Gasteiger partial charge on any atom is 0.268 e. The largest absolute Gasteiger partial charge is 0.374 e. The molecule has 3 rings (SSSR count). The van der Waals surface area contributed by atoms with E-state index < -0.39 is 0 Å². The van der Waals surface area contributed by atoms with Crippen LogP contribution in [0.4, 0.5) is 0 Å². The fraction of sp³-hybridized carbons (Fsp3) is 0.538. The van der Waals surface area contributed by atoms with Crippen molar-refractivity contribution in [2.75, 3.05) is 13.2 Å². The highest BCUT2D eigenvalue weighted by atomic mass is 32.1. The summed E-state index contributed by atoms with van der Waals surface area (Å²) in [7, 11) is 0. The molecule has 3 heterocycles. The van der Waals surface area contributed by atoms with Gasteiger partial charge in [-0.05, 0) is 31.2 Å². The van der Waals surface area contributed by atoms with E-state index in [-0.39, 0.29) is 11.2 Å². The summed E-state index contributed by atoms with van der Waals surface area (Å²) in [4.78, 5) is 19.1. The highest BCUT2D eigenvalue weighted by Crippen LogP contribution is 2.23. The molecule has 2 aromatic heterocycles. The summed E-state index contributed by atoms with van der Waals surface area (Å²) in [6.07, 6.45) is 2.20. The van der Waals surface area contributed by atoms with Crippen LogP contribution >= 0.6 is 11.3 Å². The van der Waals surface area contributed by atoms with Crippen LogP contribution in [0.15, 0.2) is 16.2 Å². The molecular formula is C13H17N3O2S. The van der Waals surface area contributed by atoms with Gasteiger partial charge in [0, 0.05) is 13.2 Å². The summed E-state index contributed by atoms with van der Waals surface area (Å²) in [6, 6.07) is 1.88. The van der Waals surface area contributed by atoms with Gasteiger partial charge in [-0.1, -0.05) is 0 Å². The van der Waals surface area contributed by atoms with Crippen molar-refractivity contribution in [2.45, 2.75) is 31.9 Å². The van der Waals surface area contributed by atoms with Gasteiger partial charge in [-0.15, -0.1) is 11.3 Å². The second-order valence-electron chi connectivity index (χ2n) is 5.15. The third-order valence-electron chi connectivity index (χ3n) is 3.46. The van der Waals surface area contributed by atoms with Crippen molar-refractivity contribution in [1.29, 1.82) is 0 Å². The molecule has 1 atom stereocenters. The van der Waals surface area contributed by atoms with Crippen LogP contribution < -0.4 is 10.9 Å². The van der Waals surface area contributed by atoms with Gasteiger partial charge in [0.1, 0.15) is 10.5 Å². The van der Waals surface area contributed by atoms with Crippen LogP contribution in [0.2, 0.25) is 0 Å². The quantitative estimate of drug-likeness (QED) is 0.893. The molecule has 0 radical (unpaired) electrons. The van der Waals surface area contributed by atoms with E-state index in [1.54, 1.807) is 0 Å². The van der Waals surface area contributed by atoms with Crippen LogP contribution in [0.3, 0.4) is 0 Å². The monoisotopic (exact) mass is 279 g/mol. The minimum atomic E-state index is -0.0766. The molecule has 1 saturated heterocycles. The summed E-state index contributed by atoms with van der Waals surface area (Å²) in [5.74, 6) is 0.678. The van der Waals surface area contributed by atoms with E-state index in [1.807, 2.05) is 11.4 Å². The number of H-pyrrole nitrogens is 1. The van der Waals surface area contributed by atoms with Gasteiger partial charge in [-0.3, -0.25) is 4.79 Å². The predicted octanol–water partition coefficient (Wildman–Crippen LogP) is 1.64. The molecule has 0 spiro atoms. The lowest BCUT2D eigenvalue weighted by Crippen LogP contribution is -2.37. The van der Waals surface area contributed by atoms with E-state index in [0.29, 0.717) is 17.1 Å². The zero-order valence-electron chi connectivity index (χ0n) is 10.9. The van der Waals surface area contributed by atoms with Gasteiger partial charge in [0.05, 0.1) is 17.7 Å². The Kier molecular flexibility index (Phi) is 3.38. The standard InChI is InChI=1S/C13H17N3O2S/c1-13(4-2-5-18-13)8-14-7-10-15-9-3-6-19-11(9)12(17)16-10/h3,6,14H,2,4-5,7-8H2,1H3,(H,15,16,17). The number of ether oxygens (including phenoxy) is 1. The first-order chi connectivity index (χ1) is 9.16. The summed E-state index contributed by atoms with van der Waals surface area (Å²) >= 11 is 1.42. The lowest BCUT2D eigenvalue weighted by molar-refractivity contribution is 0.0205. The molecule has 0 amide bonds. The molecule has 2 aromatic rings. The zero-order valence-corrected chi connectivity index (χ0v) is 11.7. The Bertz CT molecular complexity index is 628. The van der Waals surface area contributed by atoms with Gasteiger partial charge >= 0.3 is 0 Å². The minimum absolute atomic E-state index is 0.0554. The molecule has 19 heavy (non-hydrogen) atoms. The maximum atomic E-state index is 11.8. The summed E-state index contributed by atoms with van der Waals surface area (Å²) < 4.78 is 6.40. The van der Waals surface area contributed by atoms with Crippen molar-refractivity contribution in [1.82, 2.24) is 15.3 Å². The second kappa shape index (κ2) is 5.03. The van der Waals surface area contributed by atoms with Crippen LogP contribution in [0.1, 0.15) is 25.6 Å². The molecule has 0 bridgehead atoms. The number of rotatable bonds is 4. The normalized spacial score (nSPS) is 23.2. The number of fused-ring (bicyclic) bond motifs is 1. The Labute approximate surface area is 115 Å². The van der Waals surface area contributed by atoms with E-state index >= 15 is 0 Å². The predicted molar refractivity (Wildman–Crippen MR) is 75.5 cm³/mol. The highest BCUT2D eigenvalue weighted by molar-refractivity contribution is 7.17. The Morgan fingerprint density at radius 3 is 3.32 bits per heavy atom. The first kappa shape index (κ1) is 12.8. The molecule has 1 aliphatic heterocycles. The van der Waals surface area contributed by atoms with E-state index in [1.165, 1.54) is 11.3 Å². The van der Waals surface area contributed by atoms with Crippen LogP contribution in [-0.4, -0.2) is 28.7 Å². The smallest absolute Gasteiger partial charge is 0.268 e. The third kappa shape index (κ3) is 2.70. The maximum absolute atomic E-state index is 11.8. The average Bonchev–Trinajstić information content (AvgIpc) is 2.98. The Hall–Kier alpha value is -1.24. The first-order valence-corrected chi connectivity index (χ1v) is 7.35. The van der Waals surface area contributed by atoms with Gasteiger partial charge in [0.2, 0.25) is 0 Å². The molecular weight excluding hydrogens is 262 g/mol. The molecule has 1 aliphatic rings. The number of nitrogens with one attached hydrogen (secondary N) is 2. The number of thiophene rings is 1. The molecule has 6 heteroatoms. The number of aromatic nitrogens is 2. The van der Waals surface area contributed by atoms with Crippen molar-refractivity contribution in [3.05, 3.63) is 27.6 Å². The summed E-state index contributed by atoms with van der Waals surface area (Å²) in [6.45, 7) is 4.29. The summed E-state index contributed by atoms with van der Waals surface area (Å²) in [5.41, 5.74) is 0.640. The van der Waals surface area contributed by atoms with E-state index in [2.05, 4.69) is 22.2 Å². The minimum Gasteiger partial charge on any atom is -0.374 e. The molecule has 1 unspecified atom stereocenters. The highest BCUT2D eigenvalue weighted by Gasteiger charge is 2.29. The van der Waals surface area contributed by atoms with Gasteiger partial charge in [-0.2, -0.15) is 0 Å². The fourth-order valence-electron chi connectivity index (χ4n) is 2.43. The molecule has 0 aliphatic carbocycles. The molecule has 1 fully saturated rings. The SMILES string of the molecule is CC1(CNCc2nc3ccsc3c(=O)[nH]2)CCCO1. The molecule has 0 saturated carbocycles. The van der Waals surface area contributed by atoms with Crippen molar-refractivity contribution < 1.29 is 4.74 Å². The van der Waals surface area contributed by atoms with Crippen LogP contribution in [0.5, 0.6) is 0 Å². The van der Waals surface area contributed by atoms with Crippen LogP contribution in [0.25, 0.3) is 10.2 Å². The number of nitrogens with zero attached hydrogens (tertiary/aromatic N) is 1. The Morgan fingerprint density at radius 1 is 1.63 bits per heavy atom. The van der Waals surface area contributed by atoms with Crippen molar-refractivity contribution in [3.8, 4) is 0 Å². The van der Waals surface area contributed by atoms with Crippen molar-refractivity contribution in [2.24, 2.45) is 0 Å².